The van der Waals surface area contributed by atoms with Gasteiger partial charge in [-0.15, -0.1) is 10.2 Å². The lowest BCUT2D eigenvalue weighted by molar-refractivity contribution is 0.0853. The molecule has 1 saturated carbocycles. The predicted molar refractivity (Wildman–Crippen MR) is 93.8 cm³/mol. The van der Waals surface area contributed by atoms with Crippen molar-refractivity contribution in [1.82, 2.24) is 10.2 Å². The Morgan fingerprint density at radius 2 is 1.75 bits per heavy atom. The molecule has 1 aromatic carbocycles. The van der Waals surface area contributed by atoms with E-state index in [4.69, 9.17) is 4.74 Å². The fourth-order valence-electron chi connectivity index (χ4n) is 2.91. The lowest BCUT2D eigenvalue weighted by Crippen LogP contribution is -2.19. The Kier molecular flexibility index (Phi) is 4.44. The third kappa shape index (κ3) is 3.73. The quantitative estimate of drug-likeness (QED) is 0.880. The van der Waals surface area contributed by atoms with Gasteiger partial charge in [0, 0.05) is 24.8 Å². The lowest BCUT2D eigenvalue weighted by Gasteiger charge is -2.22. The maximum absolute atomic E-state index is 12.1. The van der Waals surface area contributed by atoms with Crippen molar-refractivity contribution < 1.29 is 9.53 Å². The maximum atomic E-state index is 12.1. The minimum absolute atomic E-state index is 0.285. The number of rotatable bonds is 4. The minimum Gasteiger partial charge on any atom is -0.381 e. The third-order valence-electron chi connectivity index (χ3n) is 4.45. The van der Waals surface area contributed by atoms with Crippen LogP contribution in [0.5, 0.6) is 0 Å². The van der Waals surface area contributed by atoms with Gasteiger partial charge in [0.05, 0.1) is 0 Å². The van der Waals surface area contributed by atoms with Crippen LogP contribution in [-0.2, 0) is 4.74 Å². The van der Waals surface area contributed by atoms with Gasteiger partial charge in [-0.1, -0.05) is 23.5 Å². The summed E-state index contributed by atoms with van der Waals surface area (Å²) in [5.41, 5.74) is 2.08. The highest BCUT2D eigenvalue weighted by Gasteiger charge is 2.27. The summed E-state index contributed by atoms with van der Waals surface area (Å²) in [6, 6.07) is 7.77. The number of anilines is 2. The highest BCUT2D eigenvalue weighted by atomic mass is 32.1. The molecule has 2 amide bonds. The highest BCUT2D eigenvalue weighted by Crippen LogP contribution is 2.42. The molecule has 1 aromatic heterocycles. The molecule has 1 aliphatic heterocycles. The standard InChI is InChI=1S/C17H20N4O2S/c22-16(19-17-21-20-15(24-17)13-1-2-13)18-14-5-3-11(4-6-14)12-7-9-23-10-8-12/h3-6,12-13H,1-2,7-10H2,(H2,18,19,21,22). The fourth-order valence-corrected chi connectivity index (χ4v) is 3.82. The number of hydrogen-bond donors (Lipinski definition) is 2. The maximum Gasteiger partial charge on any atom is 0.325 e. The summed E-state index contributed by atoms with van der Waals surface area (Å²) in [7, 11) is 0. The molecular weight excluding hydrogens is 324 g/mol. The van der Waals surface area contributed by atoms with Gasteiger partial charge in [-0.05, 0) is 49.3 Å². The van der Waals surface area contributed by atoms with Gasteiger partial charge in [-0.3, -0.25) is 5.32 Å². The van der Waals surface area contributed by atoms with Gasteiger partial charge >= 0.3 is 6.03 Å². The number of carbonyl (C=O) groups is 1. The smallest absolute Gasteiger partial charge is 0.325 e. The zero-order valence-electron chi connectivity index (χ0n) is 13.3. The normalized spacial score (nSPS) is 18.3. The summed E-state index contributed by atoms with van der Waals surface area (Å²) >= 11 is 1.46. The number of ether oxygens (including phenoxy) is 1. The van der Waals surface area contributed by atoms with E-state index < -0.39 is 0 Å². The molecule has 0 unspecified atom stereocenters. The van der Waals surface area contributed by atoms with E-state index in [1.165, 1.54) is 29.7 Å². The molecule has 0 bridgehead atoms. The number of urea groups is 1. The van der Waals surface area contributed by atoms with Crippen molar-refractivity contribution in [2.24, 2.45) is 0 Å². The zero-order valence-corrected chi connectivity index (χ0v) is 14.1. The molecule has 2 aromatic rings. The van der Waals surface area contributed by atoms with Crippen LogP contribution in [0.1, 0.15) is 48.1 Å². The van der Waals surface area contributed by atoms with Crippen molar-refractivity contribution >= 4 is 28.2 Å². The summed E-state index contributed by atoms with van der Waals surface area (Å²) in [6.45, 7) is 1.66. The number of nitrogens with zero attached hydrogens (tertiary/aromatic N) is 2. The van der Waals surface area contributed by atoms with Crippen molar-refractivity contribution in [3.8, 4) is 0 Å². The topological polar surface area (TPSA) is 76.1 Å². The van der Waals surface area contributed by atoms with Crippen molar-refractivity contribution in [2.45, 2.75) is 37.5 Å². The first kappa shape index (κ1) is 15.5. The van der Waals surface area contributed by atoms with Crippen molar-refractivity contribution in [3.05, 3.63) is 34.8 Å². The molecule has 24 heavy (non-hydrogen) atoms. The molecular formula is C17H20N4O2S. The van der Waals surface area contributed by atoms with E-state index in [2.05, 4.69) is 33.0 Å². The zero-order chi connectivity index (χ0) is 16.4. The summed E-state index contributed by atoms with van der Waals surface area (Å²) in [5.74, 6) is 1.11. The van der Waals surface area contributed by atoms with Crippen molar-refractivity contribution in [3.63, 3.8) is 0 Å². The van der Waals surface area contributed by atoms with Crippen molar-refractivity contribution in [2.75, 3.05) is 23.8 Å². The van der Waals surface area contributed by atoms with Gasteiger partial charge in [0.1, 0.15) is 5.01 Å². The monoisotopic (exact) mass is 344 g/mol. The van der Waals surface area contributed by atoms with Gasteiger partial charge < -0.3 is 10.1 Å². The Hall–Kier alpha value is -1.99. The van der Waals surface area contributed by atoms with Crippen LogP contribution in [0.3, 0.4) is 0 Å². The van der Waals surface area contributed by atoms with E-state index in [1.807, 2.05) is 12.1 Å². The molecule has 2 fully saturated rings. The molecule has 1 saturated heterocycles. The van der Waals surface area contributed by atoms with E-state index in [0.29, 0.717) is 17.0 Å². The number of hydrogen-bond acceptors (Lipinski definition) is 5. The van der Waals surface area contributed by atoms with E-state index in [0.717, 1.165) is 36.8 Å². The van der Waals surface area contributed by atoms with E-state index in [1.54, 1.807) is 0 Å². The summed E-state index contributed by atoms with van der Waals surface area (Å²) in [6.07, 6.45) is 4.49. The molecule has 2 N–H and O–H groups in total. The van der Waals surface area contributed by atoms with Gasteiger partial charge in [0.25, 0.3) is 0 Å². The van der Waals surface area contributed by atoms with Crippen LogP contribution in [0.4, 0.5) is 15.6 Å². The van der Waals surface area contributed by atoms with Crippen molar-refractivity contribution in [1.29, 1.82) is 0 Å². The summed E-state index contributed by atoms with van der Waals surface area (Å²) in [5, 5.41) is 15.3. The second kappa shape index (κ2) is 6.86. The van der Waals surface area contributed by atoms with Gasteiger partial charge in [0.2, 0.25) is 5.13 Å². The Labute approximate surface area is 144 Å². The van der Waals surface area contributed by atoms with Gasteiger partial charge in [0.15, 0.2) is 0 Å². The molecule has 0 spiro atoms. The second-order valence-electron chi connectivity index (χ2n) is 6.31. The summed E-state index contributed by atoms with van der Waals surface area (Å²) in [4.78, 5) is 12.1. The van der Waals surface area contributed by atoms with Crippen LogP contribution in [0, 0.1) is 0 Å². The van der Waals surface area contributed by atoms with E-state index >= 15 is 0 Å². The molecule has 1 aliphatic carbocycles. The fraction of sp³-hybridized carbons (Fsp3) is 0.471. The predicted octanol–water partition coefficient (Wildman–Crippen LogP) is 3.95. The first-order valence-electron chi connectivity index (χ1n) is 8.37. The molecule has 0 atom stereocenters. The SMILES string of the molecule is O=C(Nc1ccc(C2CCOCC2)cc1)Nc1nnc(C2CC2)s1. The van der Waals surface area contributed by atoms with E-state index in [9.17, 15) is 4.79 Å². The first-order chi connectivity index (χ1) is 11.8. The number of aromatic nitrogens is 2. The molecule has 4 rings (SSSR count). The van der Waals surface area contributed by atoms with Gasteiger partial charge in [-0.25, -0.2) is 4.79 Å². The first-order valence-corrected chi connectivity index (χ1v) is 9.19. The molecule has 7 heteroatoms. The molecule has 2 aliphatic rings. The van der Waals surface area contributed by atoms with Crippen LogP contribution in [0.15, 0.2) is 24.3 Å². The van der Waals surface area contributed by atoms with Gasteiger partial charge in [-0.2, -0.15) is 0 Å². The average molecular weight is 344 g/mol. The molecule has 126 valence electrons. The van der Waals surface area contributed by atoms with Crippen LogP contribution >= 0.6 is 11.3 Å². The molecule has 2 heterocycles. The Bertz CT molecular complexity index is 706. The third-order valence-corrected chi connectivity index (χ3v) is 5.45. The minimum atomic E-state index is -0.285. The molecule has 0 radical (unpaired) electrons. The Balaban J connectivity index is 1.32. The number of carbonyl (C=O) groups excluding carboxylic acids is 1. The van der Waals surface area contributed by atoms with Crippen LogP contribution in [0.25, 0.3) is 0 Å². The largest absolute Gasteiger partial charge is 0.381 e. The lowest BCUT2D eigenvalue weighted by atomic mass is 9.92. The summed E-state index contributed by atoms with van der Waals surface area (Å²) < 4.78 is 5.40. The Morgan fingerprint density at radius 3 is 2.46 bits per heavy atom. The van der Waals surface area contributed by atoms with Crippen LogP contribution in [-0.4, -0.2) is 29.4 Å². The van der Waals surface area contributed by atoms with Crippen LogP contribution < -0.4 is 10.6 Å². The highest BCUT2D eigenvalue weighted by molar-refractivity contribution is 7.15. The number of benzene rings is 1. The second-order valence-corrected chi connectivity index (χ2v) is 7.32. The average Bonchev–Trinajstić information content (AvgIpc) is 3.36. The Morgan fingerprint density at radius 1 is 1.00 bits per heavy atom. The van der Waals surface area contributed by atoms with E-state index in [-0.39, 0.29) is 6.03 Å². The number of nitrogens with one attached hydrogen (secondary N) is 2. The number of amides is 2. The van der Waals surface area contributed by atoms with Crippen LogP contribution in [0.2, 0.25) is 0 Å². The molecule has 6 nitrogen and oxygen atoms in total.